The van der Waals surface area contributed by atoms with Crippen molar-refractivity contribution in [3.8, 4) is 0 Å². The molecule has 17 heavy (non-hydrogen) atoms. The number of anilines is 1. The van der Waals surface area contributed by atoms with Gasteiger partial charge in [-0.1, -0.05) is 6.07 Å². The average Bonchev–Trinajstić information content (AvgIpc) is 2.70. The van der Waals surface area contributed by atoms with Gasteiger partial charge in [0.25, 0.3) is 5.91 Å². The molecule has 2 aliphatic rings. The molecular weight excluding hydrogens is 214 g/mol. The molecule has 3 rings (SSSR count). The van der Waals surface area contributed by atoms with Crippen LogP contribution in [0.2, 0.25) is 0 Å². The van der Waals surface area contributed by atoms with Crippen molar-refractivity contribution < 1.29 is 4.79 Å². The third kappa shape index (κ3) is 1.69. The van der Waals surface area contributed by atoms with Crippen LogP contribution in [-0.4, -0.2) is 29.9 Å². The van der Waals surface area contributed by atoms with Crippen molar-refractivity contribution >= 4 is 11.6 Å². The van der Waals surface area contributed by atoms with Crippen molar-refractivity contribution in [2.45, 2.75) is 25.4 Å². The number of rotatable bonds is 1. The topological polar surface area (TPSA) is 58.4 Å². The van der Waals surface area contributed by atoms with E-state index < -0.39 is 0 Å². The maximum absolute atomic E-state index is 12.3. The number of benzene rings is 1. The second kappa shape index (κ2) is 4.04. The summed E-state index contributed by atoms with van der Waals surface area (Å²) in [6.07, 6.45) is 2.23. The van der Waals surface area contributed by atoms with Crippen LogP contribution in [0.1, 0.15) is 28.8 Å². The van der Waals surface area contributed by atoms with Crippen molar-refractivity contribution in [2.24, 2.45) is 0 Å². The molecule has 1 fully saturated rings. The lowest BCUT2D eigenvalue weighted by atomic mass is 10.1. The predicted octanol–water partition coefficient (Wildman–Crippen LogP) is 0.977. The van der Waals surface area contributed by atoms with Crippen LogP contribution in [0.5, 0.6) is 0 Å². The molecule has 4 nitrogen and oxygen atoms in total. The average molecular weight is 231 g/mol. The Kier molecular flexibility index (Phi) is 2.52. The minimum atomic E-state index is 0.140. The Morgan fingerprint density at radius 3 is 3.00 bits per heavy atom. The Hall–Kier alpha value is -1.55. The molecule has 2 heterocycles. The lowest BCUT2D eigenvalue weighted by molar-refractivity contribution is 0.0675. The van der Waals surface area contributed by atoms with E-state index in [1.54, 1.807) is 0 Å². The normalized spacial score (nSPS) is 23.9. The van der Waals surface area contributed by atoms with Gasteiger partial charge in [-0.15, -0.1) is 0 Å². The molecule has 0 aliphatic carbocycles. The van der Waals surface area contributed by atoms with Crippen LogP contribution < -0.4 is 11.1 Å². The summed E-state index contributed by atoms with van der Waals surface area (Å²) in [5.74, 6) is 0.140. The number of nitrogen functional groups attached to an aromatic ring is 1. The summed E-state index contributed by atoms with van der Waals surface area (Å²) in [6, 6.07) is 5.93. The van der Waals surface area contributed by atoms with Gasteiger partial charge in [-0.25, -0.2) is 0 Å². The Labute approximate surface area is 101 Å². The predicted molar refractivity (Wildman–Crippen MR) is 66.6 cm³/mol. The molecule has 0 saturated carbocycles. The number of carbonyl (C=O) groups is 1. The van der Waals surface area contributed by atoms with E-state index in [1.165, 1.54) is 0 Å². The monoisotopic (exact) mass is 231 g/mol. The minimum Gasteiger partial charge on any atom is -0.398 e. The van der Waals surface area contributed by atoms with Gasteiger partial charge in [0.05, 0.1) is 0 Å². The Balaban J connectivity index is 1.88. The molecule has 0 bridgehead atoms. The van der Waals surface area contributed by atoms with Crippen LogP contribution >= 0.6 is 0 Å². The first-order chi connectivity index (χ1) is 8.27. The van der Waals surface area contributed by atoms with Crippen LogP contribution in [0.25, 0.3) is 0 Å². The lowest BCUT2D eigenvalue weighted by Crippen LogP contribution is -2.46. The number of fused-ring (bicyclic) bond motifs is 1. The number of piperidine rings is 1. The van der Waals surface area contributed by atoms with Gasteiger partial charge in [0.1, 0.15) is 0 Å². The van der Waals surface area contributed by atoms with Crippen molar-refractivity contribution in [2.75, 3.05) is 18.8 Å². The molecule has 1 amide bonds. The largest absolute Gasteiger partial charge is 0.398 e. The summed E-state index contributed by atoms with van der Waals surface area (Å²) >= 11 is 0. The third-order valence-corrected chi connectivity index (χ3v) is 3.74. The zero-order valence-corrected chi connectivity index (χ0v) is 9.78. The van der Waals surface area contributed by atoms with E-state index in [2.05, 4.69) is 5.32 Å². The van der Waals surface area contributed by atoms with E-state index in [9.17, 15) is 4.79 Å². The fourth-order valence-electron chi connectivity index (χ4n) is 2.77. The molecule has 90 valence electrons. The quantitative estimate of drug-likeness (QED) is 0.708. The molecule has 1 atom stereocenters. The van der Waals surface area contributed by atoms with Crippen LogP contribution in [0, 0.1) is 0 Å². The van der Waals surface area contributed by atoms with Crippen molar-refractivity contribution in [1.82, 2.24) is 10.2 Å². The van der Waals surface area contributed by atoms with Crippen LogP contribution in [-0.2, 0) is 6.54 Å². The van der Waals surface area contributed by atoms with E-state index in [-0.39, 0.29) is 5.91 Å². The van der Waals surface area contributed by atoms with Crippen LogP contribution in [0.4, 0.5) is 5.69 Å². The molecular formula is C13H17N3O. The van der Waals surface area contributed by atoms with Gasteiger partial charge in [0.2, 0.25) is 0 Å². The molecule has 4 heteroatoms. The Bertz CT molecular complexity index is 452. The highest BCUT2D eigenvalue weighted by molar-refractivity contribution is 6.00. The molecule has 1 saturated heterocycles. The molecule has 0 spiro atoms. The van der Waals surface area contributed by atoms with Gasteiger partial charge in [0, 0.05) is 35.9 Å². The maximum atomic E-state index is 12.3. The summed E-state index contributed by atoms with van der Waals surface area (Å²) in [4.78, 5) is 14.3. The first-order valence-electron chi connectivity index (χ1n) is 6.16. The number of hydrogen-bond acceptors (Lipinski definition) is 3. The van der Waals surface area contributed by atoms with Gasteiger partial charge in [-0.2, -0.15) is 0 Å². The number of nitrogens with one attached hydrogen (secondary N) is 1. The third-order valence-electron chi connectivity index (χ3n) is 3.74. The summed E-state index contributed by atoms with van der Waals surface area (Å²) in [6.45, 7) is 2.64. The zero-order valence-electron chi connectivity index (χ0n) is 9.78. The Morgan fingerprint density at radius 2 is 2.29 bits per heavy atom. The fraction of sp³-hybridized carbons (Fsp3) is 0.462. The lowest BCUT2D eigenvalue weighted by Gasteiger charge is -2.31. The molecule has 0 aromatic heterocycles. The van der Waals surface area contributed by atoms with E-state index in [0.717, 1.165) is 42.7 Å². The van der Waals surface area contributed by atoms with Gasteiger partial charge in [-0.05, 0) is 31.5 Å². The first-order valence-corrected chi connectivity index (χ1v) is 6.16. The molecule has 0 radical (unpaired) electrons. The Morgan fingerprint density at radius 1 is 1.41 bits per heavy atom. The number of amides is 1. The van der Waals surface area contributed by atoms with Crippen molar-refractivity contribution in [1.29, 1.82) is 0 Å². The van der Waals surface area contributed by atoms with E-state index >= 15 is 0 Å². The van der Waals surface area contributed by atoms with Crippen molar-refractivity contribution in [3.05, 3.63) is 29.3 Å². The number of nitrogens with two attached hydrogens (primary N) is 1. The van der Waals surface area contributed by atoms with Crippen LogP contribution in [0.3, 0.4) is 0 Å². The van der Waals surface area contributed by atoms with E-state index in [0.29, 0.717) is 12.6 Å². The van der Waals surface area contributed by atoms with Gasteiger partial charge < -0.3 is 16.0 Å². The van der Waals surface area contributed by atoms with E-state index in [4.69, 9.17) is 5.73 Å². The molecule has 1 aromatic carbocycles. The first kappa shape index (κ1) is 10.6. The smallest absolute Gasteiger partial charge is 0.254 e. The summed E-state index contributed by atoms with van der Waals surface area (Å²) in [5, 5.41) is 3.35. The maximum Gasteiger partial charge on any atom is 0.254 e. The highest BCUT2D eigenvalue weighted by Gasteiger charge is 2.33. The van der Waals surface area contributed by atoms with Gasteiger partial charge in [0.15, 0.2) is 0 Å². The number of nitrogens with zero attached hydrogens (tertiary/aromatic N) is 1. The molecule has 0 unspecified atom stereocenters. The van der Waals surface area contributed by atoms with Gasteiger partial charge >= 0.3 is 0 Å². The fourth-order valence-corrected chi connectivity index (χ4v) is 2.77. The van der Waals surface area contributed by atoms with Crippen molar-refractivity contribution in [3.63, 3.8) is 0 Å². The number of hydrogen-bond donors (Lipinski definition) is 2. The molecule has 2 aliphatic heterocycles. The molecule has 3 N–H and O–H groups in total. The second-order valence-corrected chi connectivity index (χ2v) is 4.81. The summed E-state index contributed by atoms with van der Waals surface area (Å²) in [5.41, 5.74) is 8.46. The second-order valence-electron chi connectivity index (χ2n) is 4.81. The summed E-state index contributed by atoms with van der Waals surface area (Å²) < 4.78 is 0. The standard InChI is InChI=1S/C13H17N3O/c14-12-5-1-4-10-11(12)8-16(13(10)17)9-3-2-6-15-7-9/h1,4-5,9,15H,2-3,6-8,14H2/t9-/m1/s1. The van der Waals surface area contributed by atoms with Crippen LogP contribution in [0.15, 0.2) is 18.2 Å². The SMILES string of the molecule is Nc1cccc2c1CN([C@@H]1CCCNC1)C2=O. The van der Waals surface area contributed by atoms with E-state index in [1.807, 2.05) is 23.1 Å². The highest BCUT2D eigenvalue weighted by atomic mass is 16.2. The summed E-state index contributed by atoms with van der Waals surface area (Å²) in [7, 11) is 0. The molecule has 1 aromatic rings. The zero-order chi connectivity index (χ0) is 11.8. The van der Waals surface area contributed by atoms with Gasteiger partial charge in [-0.3, -0.25) is 4.79 Å². The number of carbonyl (C=O) groups excluding carboxylic acids is 1. The highest BCUT2D eigenvalue weighted by Crippen LogP contribution is 2.30. The minimum absolute atomic E-state index is 0.140.